The zero-order valence-electron chi connectivity index (χ0n) is 13.4. The Hall–Kier alpha value is -3.14. The number of hydrogen-bond donors (Lipinski definition) is 1. The van der Waals surface area contributed by atoms with Crippen molar-refractivity contribution in [3.63, 3.8) is 0 Å². The third-order valence-electron chi connectivity index (χ3n) is 3.69. The van der Waals surface area contributed by atoms with Crippen LogP contribution in [0.1, 0.15) is 11.1 Å². The number of nitrogens with zero attached hydrogens (tertiary/aromatic N) is 1. The van der Waals surface area contributed by atoms with Crippen molar-refractivity contribution in [2.45, 2.75) is 6.92 Å². The van der Waals surface area contributed by atoms with Crippen molar-refractivity contribution in [2.24, 2.45) is 5.10 Å². The number of hydrazone groups is 1. The highest BCUT2D eigenvalue weighted by atomic mass is 16.5. The average molecular weight is 318 g/mol. The summed E-state index contributed by atoms with van der Waals surface area (Å²) >= 11 is 0. The molecular formula is C20H18N2O2. The molecule has 24 heavy (non-hydrogen) atoms. The van der Waals surface area contributed by atoms with Gasteiger partial charge >= 0.3 is 0 Å². The van der Waals surface area contributed by atoms with Gasteiger partial charge in [0.2, 0.25) is 0 Å². The Morgan fingerprint density at radius 3 is 2.67 bits per heavy atom. The average Bonchev–Trinajstić information content (AvgIpc) is 2.61. The van der Waals surface area contributed by atoms with E-state index < -0.39 is 0 Å². The predicted molar refractivity (Wildman–Crippen MR) is 96.4 cm³/mol. The van der Waals surface area contributed by atoms with Crippen LogP contribution in [-0.4, -0.2) is 18.7 Å². The largest absolute Gasteiger partial charge is 0.483 e. The van der Waals surface area contributed by atoms with E-state index in [9.17, 15) is 4.79 Å². The van der Waals surface area contributed by atoms with E-state index in [0.29, 0.717) is 5.75 Å². The van der Waals surface area contributed by atoms with Crippen molar-refractivity contribution in [1.29, 1.82) is 0 Å². The van der Waals surface area contributed by atoms with Crippen LogP contribution < -0.4 is 10.2 Å². The SMILES string of the molecule is Cc1ccccc1/C=N/NC(=O)COc1cccc2ccccc12. The van der Waals surface area contributed by atoms with Crippen molar-refractivity contribution >= 4 is 22.9 Å². The Kier molecular flexibility index (Phi) is 4.87. The van der Waals surface area contributed by atoms with Gasteiger partial charge in [-0.25, -0.2) is 5.43 Å². The number of hydrogen-bond acceptors (Lipinski definition) is 3. The van der Waals surface area contributed by atoms with Crippen molar-refractivity contribution in [1.82, 2.24) is 5.43 Å². The van der Waals surface area contributed by atoms with Crippen LogP contribution in [0.4, 0.5) is 0 Å². The van der Waals surface area contributed by atoms with Gasteiger partial charge in [0.05, 0.1) is 6.21 Å². The minimum absolute atomic E-state index is 0.0842. The second-order valence-corrected chi connectivity index (χ2v) is 5.42. The van der Waals surface area contributed by atoms with Crippen LogP contribution in [0.5, 0.6) is 5.75 Å². The smallest absolute Gasteiger partial charge is 0.277 e. The number of amides is 1. The second-order valence-electron chi connectivity index (χ2n) is 5.42. The van der Waals surface area contributed by atoms with Gasteiger partial charge in [-0.15, -0.1) is 0 Å². The van der Waals surface area contributed by atoms with Crippen LogP contribution in [0.15, 0.2) is 71.8 Å². The van der Waals surface area contributed by atoms with E-state index in [-0.39, 0.29) is 12.5 Å². The lowest BCUT2D eigenvalue weighted by atomic mass is 10.1. The molecule has 4 nitrogen and oxygen atoms in total. The maximum atomic E-state index is 11.9. The second kappa shape index (κ2) is 7.42. The van der Waals surface area contributed by atoms with Gasteiger partial charge in [0, 0.05) is 5.39 Å². The third-order valence-corrected chi connectivity index (χ3v) is 3.69. The first-order chi connectivity index (χ1) is 11.7. The van der Waals surface area contributed by atoms with E-state index in [1.807, 2.05) is 73.7 Å². The molecule has 0 saturated heterocycles. The van der Waals surface area contributed by atoms with E-state index >= 15 is 0 Å². The predicted octanol–water partition coefficient (Wildman–Crippen LogP) is 3.68. The molecule has 0 aliphatic heterocycles. The molecule has 3 rings (SSSR count). The molecule has 4 heteroatoms. The number of fused-ring (bicyclic) bond motifs is 1. The Balaban J connectivity index is 1.58. The lowest BCUT2D eigenvalue weighted by Crippen LogP contribution is -2.24. The van der Waals surface area contributed by atoms with Crippen LogP contribution >= 0.6 is 0 Å². The lowest BCUT2D eigenvalue weighted by Gasteiger charge is -2.08. The number of carbonyl (C=O) groups excluding carboxylic acids is 1. The molecule has 0 radical (unpaired) electrons. The number of rotatable bonds is 5. The molecule has 0 fully saturated rings. The van der Waals surface area contributed by atoms with Crippen molar-refractivity contribution in [2.75, 3.05) is 6.61 Å². The highest BCUT2D eigenvalue weighted by Gasteiger charge is 2.04. The molecule has 0 spiro atoms. The maximum absolute atomic E-state index is 11.9. The Morgan fingerprint density at radius 1 is 1.04 bits per heavy atom. The highest BCUT2D eigenvalue weighted by molar-refractivity contribution is 5.89. The molecule has 0 saturated carbocycles. The Morgan fingerprint density at radius 2 is 1.79 bits per heavy atom. The quantitative estimate of drug-likeness (QED) is 0.576. The van der Waals surface area contributed by atoms with Gasteiger partial charge in [-0.3, -0.25) is 4.79 Å². The van der Waals surface area contributed by atoms with E-state index in [0.717, 1.165) is 21.9 Å². The zero-order chi connectivity index (χ0) is 16.8. The van der Waals surface area contributed by atoms with Gasteiger partial charge in [-0.1, -0.05) is 60.7 Å². The molecule has 0 aliphatic rings. The van der Waals surface area contributed by atoms with Gasteiger partial charge in [0.1, 0.15) is 5.75 Å². The van der Waals surface area contributed by atoms with Gasteiger partial charge in [0.25, 0.3) is 5.91 Å². The molecule has 0 unspecified atom stereocenters. The molecule has 1 N–H and O–H groups in total. The van der Waals surface area contributed by atoms with E-state index in [2.05, 4.69) is 10.5 Å². The van der Waals surface area contributed by atoms with Crippen LogP contribution in [0.2, 0.25) is 0 Å². The minimum Gasteiger partial charge on any atom is -0.483 e. The summed E-state index contributed by atoms with van der Waals surface area (Å²) in [6.07, 6.45) is 1.63. The molecule has 120 valence electrons. The summed E-state index contributed by atoms with van der Waals surface area (Å²) < 4.78 is 5.62. The number of nitrogens with one attached hydrogen (secondary N) is 1. The van der Waals surface area contributed by atoms with Crippen LogP contribution in [0.3, 0.4) is 0 Å². The van der Waals surface area contributed by atoms with E-state index in [4.69, 9.17) is 4.74 Å². The van der Waals surface area contributed by atoms with Gasteiger partial charge in [-0.05, 0) is 29.5 Å². The Bertz CT molecular complexity index is 882. The fourth-order valence-electron chi connectivity index (χ4n) is 2.40. The van der Waals surface area contributed by atoms with Gasteiger partial charge < -0.3 is 4.74 Å². The van der Waals surface area contributed by atoms with Crippen molar-refractivity contribution in [3.8, 4) is 5.75 Å². The summed E-state index contributed by atoms with van der Waals surface area (Å²) in [4.78, 5) is 11.9. The monoisotopic (exact) mass is 318 g/mol. The normalized spacial score (nSPS) is 10.9. The number of benzene rings is 3. The third kappa shape index (κ3) is 3.79. The first-order valence-corrected chi connectivity index (χ1v) is 7.72. The summed E-state index contributed by atoms with van der Waals surface area (Å²) in [5.41, 5.74) is 4.55. The fraction of sp³-hybridized carbons (Fsp3) is 0.100. The summed E-state index contributed by atoms with van der Waals surface area (Å²) in [6.45, 7) is 1.91. The van der Waals surface area contributed by atoms with Crippen molar-refractivity contribution in [3.05, 3.63) is 77.9 Å². The van der Waals surface area contributed by atoms with E-state index in [1.165, 1.54) is 0 Å². The molecule has 1 amide bonds. The highest BCUT2D eigenvalue weighted by Crippen LogP contribution is 2.24. The number of ether oxygens (including phenoxy) is 1. The van der Waals surface area contributed by atoms with Crippen LogP contribution in [-0.2, 0) is 4.79 Å². The summed E-state index contributed by atoms with van der Waals surface area (Å²) in [6, 6.07) is 21.5. The first kappa shape index (κ1) is 15.7. The topological polar surface area (TPSA) is 50.7 Å². The molecule has 0 bridgehead atoms. The van der Waals surface area contributed by atoms with Crippen LogP contribution in [0, 0.1) is 6.92 Å². The number of aryl methyl sites for hydroxylation is 1. The van der Waals surface area contributed by atoms with Gasteiger partial charge in [0.15, 0.2) is 6.61 Å². The van der Waals surface area contributed by atoms with Gasteiger partial charge in [-0.2, -0.15) is 5.10 Å². The summed E-state index contributed by atoms with van der Waals surface area (Å²) in [5.74, 6) is 0.388. The first-order valence-electron chi connectivity index (χ1n) is 7.72. The lowest BCUT2D eigenvalue weighted by molar-refractivity contribution is -0.123. The van der Waals surface area contributed by atoms with Crippen molar-refractivity contribution < 1.29 is 9.53 Å². The standard InChI is InChI=1S/C20H18N2O2/c1-15-7-2-3-9-17(15)13-21-22-20(23)14-24-19-12-6-10-16-8-4-5-11-18(16)19/h2-13H,14H2,1H3,(H,22,23)/b21-13+. The molecule has 0 aliphatic carbocycles. The molecule has 0 heterocycles. The molecule has 0 aromatic heterocycles. The molecule has 0 atom stereocenters. The number of carbonyl (C=O) groups is 1. The summed E-state index contributed by atoms with van der Waals surface area (Å²) in [5, 5.41) is 6.03. The molecule has 3 aromatic carbocycles. The summed E-state index contributed by atoms with van der Waals surface area (Å²) in [7, 11) is 0. The Labute approximate surface area is 140 Å². The van der Waals surface area contributed by atoms with E-state index in [1.54, 1.807) is 6.21 Å². The zero-order valence-corrected chi connectivity index (χ0v) is 13.4. The minimum atomic E-state index is -0.298. The fourth-order valence-corrected chi connectivity index (χ4v) is 2.40. The molecule has 3 aromatic rings. The molecular weight excluding hydrogens is 300 g/mol. The van der Waals surface area contributed by atoms with Crippen LogP contribution in [0.25, 0.3) is 10.8 Å². The maximum Gasteiger partial charge on any atom is 0.277 e.